The van der Waals surface area contributed by atoms with Gasteiger partial charge >= 0.3 is 0 Å². The van der Waals surface area contributed by atoms with Gasteiger partial charge in [-0.25, -0.2) is 0 Å². The van der Waals surface area contributed by atoms with Crippen LogP contribution in [0.25, 0.3) is 0 Å². The minimum Gasteiger partial charge on any atom is -0.493 e. The highest BCUT2D eigenvalue weighted by Crippen LogP contribution is 2.20. The second-order valence-corrected chi connectivity index (χ2v) is 5.04. The second-order valence-electron chi connectivity index (χ2n) is 5.04. The molecule has 1 N–H and O–H groups in total. The molecule has 0 radical (unpaired) electrons. The first-order valence-electron chi connectivity index (χ1n) is 7.21. The summed E-state index contributed by atoms with van der Waals surface area (Å²) in [6.07, 6.45) is 0. The quantitative estimate of drug-likeness (QED) is 0.904. The van der Waals surface area contributed by atoms with Gasteiger partial charge in [0.15, 0.2) is 0 Å². The highest BCUT2D eigenvalue weighted by molar-refractivity contribution is 5.97. The molecule has 110 valence electrons. The van der Waals surface area contributed by atoms with Gasteiger partial charge in [-0.2, -0.15) is 0 Å². The number of ether oxygens (including phenoxy) is 1. The van der Waals surface area contributed by atoms with Gasteiger partial charge < -0.3 is 10.1 Å². The molecule has 0 bridgehead atoms. The summed E-state index contributed by atoms with van der Waals surface area (Å²) in [4.78, 5) is 12.4. The zero-order valence-electron chi connectivity index (χ0n) is 12.7. The molecular formula is C18H21NO2. The third-order valence-electron chi connectivity index (χ3n) is 3.32. The highest BCUT2D eigenvalue weighted by Gasteiger charge is 2.15. The Morgan fingerprint density at radius 2 is 1.95 bits per heavy atom. The molecule has 1 atom stereocenters. The van der Waals surface area contributed by atoms with Crippen molar-refractivity contribution in [3.8, 4) is 5.75 Å². The van der Waals surface area contributed by atoms with Crippen molar-refractivity contribution in [3.05, 3.63) is 65.2 Å². The average Bonchev–Trinajstić information content (AvgIpc) is 2.48. The summed E-state index contributed by atoms with van der Waals surface area (Å²) in [6, 6.07) is 15.4. The van der Waals surface area contributed by atoms with E-state index in [1.54, 1.807) is 6.07 Å². The Bertz CT molecular complexity index is 622. The van der Waals surface area contributed by atoms with E-state index in [-0.39, 0.29) is 11.9 Å². The number of para-hydroxylation sites is 1. The first kappa shape index (κ1) is 15.1. The Hall–Kier alpha value is -2.29. The van der Waals surface area contributed by atoms with Crippen molar-refractivity contribution in [2.75, 3.05) is 6.61 Å². The Morgan fingerprint density at radius 3 is 2.67 bits per heavy atom. The SMILES string of the molecule is CCOc1ccccc1C(=O)NC(C)c1cccc(C)c1. The third-order valence-corrected chi connectivity index (χ3v) is 3.32. The summed E-state index contributed by atoms with van der Waals surface area (Å²) in [5.74, 6) is 0.502. The Labute approximate surface area is 126 Å². The largest absolute Gasteiger partial charge is 0.493 e. The van der Waals surface area contributed by atoms with Crippen molar-refractivity contribution in [3.63, 3.8) is 0 Å². The standard InChI is InChI=1S/C18H21NO2/c1-4-21-17-11-6-5-10-16(17)18(20)19-14(3)15-9-7-8-13(2)12-15/h5-12,14H,4H2,1-3H3,(H,19,20). The maximum atomic E-state index is 12.4. The van der Waals surface area contributed by atoms with Crippen LogP contribution in [-0.2, 0) is 0 Å². The first-order chi connectivity index (χ1) is 10.1. The molecule has 1 amide bonds. The van der Waals surface area contributed by atoms with E-state index in [0.717, 1.165) is 5.56 Å². The molecular weight excluding hydrogens is 262 g/mol. The average molecular weight is 283 g/mol. The molecule has 2 aromatic rings. The zero-order chi connectivity index (χ0) is 15.2. The van der Waals surface area contributed by atoms with Gasteiger partial charge in [-0.15, -0.1) is 0 Å². The summed E-state index contributed by atoms with van der Waals surface area (Å²) in [7, 11) is 0. The van der Waals surface area contributed by atoms with E-state index in [1.807, 2.05) is 57.2 Å². The fraction of sp³-hybridized carbons (Fsp3) is 0.278. The molecule has 2 rings (SSSR count). The van der Waals surface area contributed by atoms with Crippen LogP contribution in [0.5, 0.6) is 5.75 Å². The van der Waals surface area contributed by atoms with E-state index >= 15 is 0 Å². The predicted molar refractivity (Wildman–Crippen MR) is 84.7 cm³/mol. The number of rotatable bonds is 5. The Balaban J connectivity index is 2.14. The molecule has 0 aliphatic carbocycles. The first-order valence-corrected chi connectivity index (χ1v) is 7.21. The van der Waals surface area contributed by atoms with Gasteiger partial charge in [0, 0.05) is 0 Å². The Morgan fingerprint density at radius 1 is 1.19 bits per heavy atom. The van der Waals surface area contributed by atoms with E-state index in [0.29, 0.717) is 17.9 Å². The minimum absolute atomic E-state index is 0.0490. The number of nitrogens with one attached hydrogen (secondary N) is 1. The molecule has 3 heteroatoms. The van der Waals surface area contributed by atoms with Crippen LogP contribution in [0.3, 0.4) is 0 Å². The van der Waals surface area contributed by atoms with E-state index in [1.165, 1.54) is 5.56 Å². The fourth-order valence-electron chi connectivity index (χ4n) is 2.23. The van der Waals surface area contributed by atoms with Gasteiger partial charge in [-0.3, -0.25) is 4.79 Å². The van der Waals surface area contributed by atoms with Gasteiger partial charge in [0.25, 0.3) is 5.91 Å². The number of aryl methyl sites for hydroxylation is 1. The van der Waals surface area contributed by atoms with E-state index in [2.05, 4.69) is 11.4 Å². The summed E-state index contributed by atoms with van der Waals surface area (Å²) >= 11 is 0. The lowest BCUT2D eigenvalue weighted by atomic mass is 10.1. The van der Waals surface area contributed by atoms with Crippen LogP contribution in [0.1, 0.15) is 41.4 Å². The third kappa shape index (κ3) is 3.85. The lowest BCUT2D eigenvalue weighted by Crippen LogP contribution is -2.27. The van der Waals surface area contributed by atoms with Crippen molar-refractivity contribution in [1.82, 2.24) is 5.32 Å². The molecule has 0 saturated heterocycles. The van der Waals surface area contributed by atoms with E-state index < -0.39 is 0 Å². The number of amides is 1. The van der Waals surface area contributed by atoms with Crippen LogP contribution in [0, 0.1) is 6.92 Å². The molecule has 21 heavy (non-hydrogen) atoms. The second kappa shape index (κ2) is 6.93. The number of hydrogen-bond acceptors (Lipinski definition) is 2. The molecule has 2 aromatic carbocycles. The summed E-state index contributed by atoms with van der Waals surface area (Å²) in [5.41, 5.74) is 2.85. The van der Waals surface area contributed by atoms with Crippen molar-refractivity contribution in [1.29, 1.82) is 0 Å². The van der Waals surface area contributed by atoms with Crippen LogP contribution in [0.4, 0.5) is 0 Å². The fourth-order valence-corrected chi connectivity index (χ4v) is 2.23. The molecule has 0 heterocycles. The van der Waals surface area contributed by atoms with Gasteiger partial charge in [-0.05, 0) is 38.5 Å². The van der Waals surface area contributed by atoms with Crippen molar-refractivity contribution in [2.24, 2.45) is 0 Å². The van der Waals surface area contributed by atoms with Crippen LogP contribution in [0.15, 0.2) is 48.5 Å². The number of carbonyl (C=O) groups excluding carboxylic acids is 1. The molecule has 1 unspecified atom stereocenters. The van der Waals surface area contributed by atoms with E-state index in [4.69, 9.17) is 4.74 Å². The summed E-state index contributed by atoms with van der Waals surface area (Å²) < 4.78 is 5.50. The predicted octanol–water partition coefficient (Wildman–Crippen LogP) is 3.88. The molecule has 0 fully saturated rings. The summed E-state index contributed by atoms with van der Waals surface area (Å²) in [5, 5.41) is 3.02. The Kier molecular flexibility index (Phi) is 4.99. The van der Waals surface area contributed by atoms with Crippen LogP contribution in [0.2, 0.25) is 0 Å². The molecule has 0 saturated carbocycles. The number of carbonyl (C=O) groups is 1. The smallest absolute Gasteiger partial charge is 0.255 e. The zero-order valence-corrected chi connectivity index (χ0v) is 12.7. The van der Waals surface area contributed by atoms with Crippen LogP contribution >= 0.6 is 0 Å². The molecule has 0 aliphatic heterocycles. The maximum Gasteiger partial charge on any atom is 0.255 e. The van der Waals surface area contributed by atoms with E-state index in [9.17, 15) is 4.79 Å². The normalized spacial score (nSPS) is 11.8. The maximum absolute atomic E-state index is 12.4. The van der Waals surface area contributed by atoms with Gasteiger partial charge in [0.05, 0.1) is 18.2 Å². The minimum atomic E-state index is -0.118. The highest BCUT2D eigenvalue weighted by atomic mass is 16.5. The van der Waals surface area contributed by atoms with Gasteiger partial charge in [0.1, 0.15) is 5.75 Å². The van der Waals surface area contributed by atoms with Gasteiger partial charge in [0.2, 0.25) is 0 Å². The molecule has 0 aliphatic rings. The lowest BCUT2D eigenvalue weighted by molar-refractivity contribution is 0.0936. The van der Waals surface area contributed by atoms with Gasteiger partial charge in [-0.1, -0.05) is 42.0 Å². The van der Waals surface area contributed by atoms with Crippen molar-refractivity contribution >= 4 is 5.91 Å². The number of hydrogen-bond donors (Lipinski definition) is 1. The van der Waals surface area contributed by atoms with Crippen molar-refractivity contribution in [2.45, 2.75) is 26.8 Å². The topological polar surface area (TPSA) is 38.3 Å². The molecule has 0 spiro atoms. The molecule has 0 aromatic heterocycles. The van der Waals surface area contributed by atoms with Crippen LogP contribution < -0.4 is 10.1 Å². The monoisotopic (exact) mass is 283 g/mol. The lowest BCUT2D eigenvalue weighted by Gasteiger charge is -2.16. The summed E-state index contributed by atoms with van der Waals surface area (Å²) in [6.45, 7) is 6.47. The molecule has 3 nitrogen and oxygen atoms in total. The number of benzene rings is 2. The van der Waals surface area contributed by atoms with Crippen molar-refractivity contribution < 1.29 is 9.53 Å². The van der Waals surface area contributed by atoms with Crippen LogP contribution in [-0.4, -0.2) is 12.5 Å².